The second-order valence-electron chi connectivity index (χ2n) is 4.78. The number of carbonyl (C=O) groups excluding carboxylic acids is 1. The van der Waals surface area contributed by atoms with Crippen LogP contribution < -0.4 is 11.1 Å². The quantitative estimate of drug-likeness (QED) is 0.875. The number of rotatable bonds is 5. The van der Waals surface area contributed by atoms with E-state index in [1.807, 2.05) is 42.5 Å². The van der Waals surface area contributed by atoms with Crippen LogP contribution in [-0.2, 0) is 17.8 Å². The fourth-order valence-corrected chi connectivity index (χ4v) is 2.00. The maximum Gasteiger partial charge on any atom is 0.241 e. The van der Waals surface area contributed by atoms with Crippen molar-refractivity contribution in [3.05, 3.63) is 71.3 Å². The molecule has 0 aliphatic heterocycles. The molecule has 2 aromatic carbocycles. The Kier molecular flexibility index (Phi) is 4.91. The maximum absolute atomic E-state index is 12.0. The molecule has 0 radical (unpaired) electrons. The standard InChI is InChI=1S/C17H20N2O/c1-2-13-8-10-14(11-9-13)12-19-17(20)16(18)15-6-4-3-5-7-15/h3-11,16H,2,12,18H2,1H3,(H,19,20)/t16-/m0/s1. The van der Waals surface area contributed by atoms with E-state index in [9.17, 15) is 4.79 Å². The molecular formula is C17H20N2O. The third-order valence-corrected chi connectivity index (χ3v) is 3.34. The Morgan fingerprint density at radius 3 is 2.25 bits per heavy atom. The molecule has 20 heavy (non-hydrogen) atoms. The van der Waals surface area contributed by atoms with E-state index in [1.54, 1.807) is 0 Å². The van der Waals surface area contributed by atoms with Crippen LogP contribution in [0.3, 0.4) is 0 Å². The number of nitrogens with one attached hydrogen (secondary N) is 1. The molecule has 3 heteroatoms. The van der Waals surface area contributed by atoms with E-state index < -0.39 is 6.04 Å². The van der Waals surface area contributed by atoms with Crippen molar-refractivity contribution in [3.63, 3.8) is 0 Å². The second kappa shape index (κ2) is 6.87. The summed E-state index contributed by atoms with van der Waals surface area (Å²) >= 11 is 0. The molecule has 0 unspecified atom stereocenters. The first kappa shape index (κ1) is 14.3. The summed E-state index contributed by atoms with van der Waals surface area (Å²) in [5, 5.41) is 2.87. The molecule has 104 valence electrons. The number of benzene rings is 2. The molecule has 3 nitrogen and oxygen atoms in total. The molecule has 0 aliphatic carbocycles. The van der Waals surface area contributed by atoms with Gasteiger partial charge in [0.05, 0.1) is 0 Å². The zero-order valence-electron chi connectivity index (χ0n) is 11.7. The van der Waals surface area contributed by atoms with E-state index in [1.165, 1.54) is 5.56 Å². The van der Waals surface area contributed by atoms with Crippen LogP contribution in [0.25, 0.3) is 0 Å². The minimum atomic E-state index is -0.619. The second-order valence-corrected chi connectivity index (χ2v) is 4.78. The topological polar surface area (TPSA) is 55.1 Å². The molecular weight excluding hydrogens is 248 g/mol. The largest absolute Gasteiger partial charge is 0.350 e. The average molecular weight is 268 g/mol. The first-order chi connectivity index (χ1) is 9.70. The fourth-order valence-electron chi connectivity index (χ4n) is 2.00. The van der Waals surface area contributed by atoms with Crippen molar-refractivity contribution in [2.75, 3.05) is 0 Å². The summed E-state index contributed by atoms with van der Waals surface area (Å²) in [4.78, 5) is 12.0. The maximum atomic E-state index is 12.0. The lowest BCUT2D eigenvalue weighted by Gasteiger charge is -2.12. The van der Waals surface area contributed by atoms with Crippen LogP contribution in [0, 0.1) is 0 Å². The molecule has 3 N–H and O–H groups in total. The van der Waals surface area contributed by atoms with Gasteiger partial charge in [-0.3, -0.25) is 4.79 Å². The number of hydrogen-bond donors (Lipinski definition) is 2. The highest BCUT2D eigenvalue weighted by atomic mass is 16.2. The van der Waals surface area contributed by atoms with Gasteiger partial charge in [-0.15, -0.1) is 0 Å². The average Bonchev–Trinajstić information content (AvgIpc) is 2.53. The summed E-state index contributed by atoms with van der Waals surface area (Å²) in [7, 11) is 0. The van der Waals surface area contributed by atoms with Crippen molar-refractivity contribution in [3.8, 4) is 0 Å². The molecule has 0 heterocycles. The van der Waals surface area contributed by atoms with Crippen molar-refractivity contribution in [2.45, 2.75) is 25.9 Å². The van der Waals surface area contributed by atoms with Crippen LogP contribution >= 0.6 is 0 Å². The van der Waals surface area contributed by atoms with Gasteiger partial charge in [0.25, 0.3) is 0 Å². The van der Waals surface area contributed by atoms with Gasteiger partial charge in [0.1, 0.15) is 6.04 Å². The van der Waals surface area contributed by atoms with Gasteiger partial charge in [0.2, 0.25) is 5.91 Å². The summed E-state index contributed by atoms with van der Waals surface area (Å²) in [6, 6.07) is 17.0. The predicted molar refractivity (Wildman–Crippen MR) is 81.0 cm³/mol. The zero-order valence-corrected chi connectivity index (χ0v) is 11.7. The van der Waals surface area contributed by atoms with Gasteiger partial charge < -0.3 is 11.1 Å². The summed E-state index contributed by atoms with van der Waals surface area (Å²) in [5.41, 5.74) is 9.13. The molecule has 2 aromatic rings. The van der Waals surface area contributed by atoms with Gasteiger partial charge in [-0.1, -0.05) is 61.5 Å². The van der Waals surface area contributed by atoms with Crippen LogP contribution in [0.2, 0.25) is 0 Å². The highest BCUT2D eigenvalue weighted by Crippen LogP contribution is 2.10. The Morgan fingerprint density at radius 1 is 1.05 bits per heavy atom. The number of carbonyl (C=O) groups is 1. The predicted octanol–water partition coefficient (Wildman–Crippen LogP) is 2.57. The molecule has 0 aliphatic rings. The fraction of sp³-hybridized carbons (Fsp3) is 0.235. The number of aryl methyl sites for hydroxylation is 1. The number of amides is 1. The van der Waals surface area contributed by atoms with Crippen LogP contribution in [0.5, 0.6) is 0 Å². The zero-order chi connectivity index (χ0) is 14.4. The van der Waals surface area contributed by atoms with Crippen LogP contribution in [0.4, 0.5) is 0 Å². The van der Waals surface area contributed by atoms with E-state index in [-0.39, 0.29) is 5.91 Å². The monoisotopic (exact) mass is 268 g/mol. The van der Waals surface area contributed by atoms with E-state index in [2.05, 4.69) is 24.4 Å². The molecule has 0 saturated heterocycles. The van der Waals surface area contributed by atoms with E-state index >= 15 is 0 Å². The lowest BCUT2D eigenvalue weighted by molar-refractivity contribution is -0.122. The van der Waals surface area contributed by atoms with Crippen molar-refractivity contribution >= 4 is 5.91 Å². The summed E-state index contributed by atoms with van der Waals surface area (Å²) in [6.45, 7) is 2.62. The van der Waals surface area contributed by atoms with Crippen LogP contribution in [-0.4, -0.2) is 5.91 Å². The summed E-state index contributed by atoms with van der Waals surface area (Å²) in [6.07, 6.45) is 1.02. The minimum absolute atomic E-state index is 0.157. The Hall–Kier alpha value is -2.13. The van der Waals surface area contributed by atoms with Gasteiger partial charge >= 0.3 is 0 Å². The minimum Gasteiger partial charge on any atom is -0.350 e. The smallest absolute Gasteiger partial charge is 0.241 e. The van der Waals surface area contributed by atoms with E-state index in [0.717, 1.165) is 17.5 Å². The third-order valence-electron chi connectivity index (χ3n) is 3.34. The Morgan fingerprint density at radius 2 is 1.65 bits per heavy atom. The first-order valence-electron chi connectivity index (χ1n) is 6.86. The van der Waals surface area contributed by atoms with Crippen molar-refractivity contribution in [1.82, 2.24) is 5.32 Å². The van der Waals surface area contributed by atoms with Crippen molar-refractivity contribution in [1.29, 1.82) is 0 Å². The SMILES string of the molecule is CCc1ccc(CNC(=O)[C@@H](N)c2ccccc2)cc1. The number of nitrogens with two attached hydrogens (primary N) is 1. The Balaban J connectivity index is 1.91. The van der Waals surface area contributed by atoms with Gasteiger partial charge in [-0.2, -0.15) is 0 Å². The van der Waals surface area contributed by atoms with Crippen molar-refractivity contribution < 1.29 is 4.79 Å². The highest BCUT2D eigenvalue weighted by molar-refractivity contribution is 5.82. The normalized spacial score (nSPS) is 11.9. The molecule has 0 aromatic heterocycles. The summed E-state index contributed by atoms with van der Waals surface area (Å²) < 4.78 is 0. The summed E-state index contributed by atoms with van der Waals surface area (Å²) in [5.74, 6) is -0.157. The number of hydrogen-bond acceptors (Lipinski definition) is 2. The molecule has 0 bridgehead atoms. The van der Waals surface area contributed by atoms with Crippen LogP contribution in [0.1, 0.15) is 29.7 Å². The third kappa shape index (κ3) is 3.68. The molecule has 0 spiro atoms. The molecule has 2 rings (SSSR count). The molecule has 1 amide bonds. The molecule has 0 fully saturated rings. The molecule has 1 atom stereocenters. The van der Waals surface area contributed by atoms with E-state index in [4.69, 9.17) is 5.73 Å². The first-order valence-corrected chi connectivity index (χ1v) is 6.86. The van der Waals surface area contributed by atoms with Gasteiger partial charge in [0, 0.05) is 6.54 Å². The van der Waals surface area contributed by atoms with Gasteiger partial charge in [-0.25, -0.2) is 0 Å². The Labute approximate surface area is 119 Å². The lowest BCUT2D eigenvalue weighted by atomic mass is 10.1. The lowest BCUT2D eigenvalue weighted by Crippen LogP contribution is -2.33. The van der Waals surface area contributed by atoms with E-state index in [0.29, 0.717) is 6.54 Å². The van der Waals surface area contributed by atoms with Crippen LogP contribution in [0.15, 0.2) is 54.6 Å². The van der Waals surface area contributed by atoms with Gasteiger partial charge in [0.15, 0.2) is 0 Å². The molecule has 0 saturated carbocycles. The van der Waals surface area contributed by atoms with Crippen molar-refractivity contribution in [2.24, 2.45) is 5.73 Å². The van der Waals surface area contributed by atoms with Gasteiger partial charge in [-0.05, 0) is 23.1 Å². The Bertz CT molecular complexity index is 549. The highest BCUT2D eigenvalue weighted by Gasteiger charge is 2.14.